The van der Waals surface area contributed by atoms with Crippen LogP contribution in [0, 0.1) is 6.92 Å². The van der Waals surface area contributed by atoms with Crippen molar-refractivity contribution in [1.82, 2.24) is 24.9 Å². The highest BCUT2D eigenvalue weighted by molar-refractivity contribution is 5.63. The third kappa shape index (κ3) is 2.28. The van der Waals surface area contributed by atoms with Gasteiger partial charge in [-0.3, -0.25) is 4.40 Å². The molecular formula is C13H20N6. The molecule has 0 amide bonds. The van der Waals surface area contributed by atoms with E-state index in [9.17, 15) is 0 Å². The molecule has 1 saturated heterocycles. The van der Waals surface area contributed by atoms with Crippen molar-refractivity contribution in [3.8, 4) is 0 Å². The van der Waals surface area contributed by atoms with Crippen LogP contribution in [0.15, 0.2) is 12.4 Å². The summed E-state index contributed by atoms with van der Waals surface area (Å²) in [5, 5.41) is 11.8. The molecule has 6 nitrogen and oxygen atoms in total. The fraction of sp³-hybridized carbons (Fsp3) is 0.615. The summed E-state index contributed by atoms with van der Waals surface area (Å²) in [7, 11) is 2.11. The van der Waals surface area contributed by atoms with Crippen molar-refractivity contribution in [2.24, 2.45) is 0 Å². The van der Waals surface area contributed by atoms with Gasteiger partial charge >= 0.3 is 0 Å². The second kappa shape index (κ2) is 5.13. The first-order valence-electron chi connectivity index (χ1n) is 6.87. The van der Waals surface area contributed by atoms with E-state index in [1.165, 1.54) is 12.8 Å². The highest BCUT2D eigenvalue weighted by Crippen LogP contribution is 2.22. The average molecular weight is 260 g/mol. The predicted octanol–water partition coefficient (Wildman–Crippen LogP) is 1.01. The van der Waals surface area contributed by atoms with Crippen molar-refractivity contribution in [3.05, 3.63) is 18.2 Å². The van der Waals surface area contributed by atoms with Crippen LogP contribution in [0.4, 0.5) is 5.82 Å². The number of hydrogen-bond donors (Lipinski definition) is 1. The molecule has 102 valence electrons. The SMILES string of the molecule is Cc1nnc2c(N(C)C3CCCNCC3)nccn12. The molecule has 1 fully saturated rings. The van der Waals surface area contributed by atoms with Gasteiger partial charge in [0.15, 0.2) is 5.82 Å². The first-order chi connectivity index (χ1) is 9.27. The molecule has 1 N–H and O–H groups in total. The van der Waals surface area contributed by atoms with Crippen LogP contribution in [-0.2, 0) is 0 Å². The fourth-order valence-corrected chi connectivity index (χ4v) is 2.74. The topological polar surface area (TPSA) is 58.4 Å². The first kappa shape index (κ1) is 12.3. The minimum absolute atomic E-state index is 0.519. The number of rotatable bonds is 2. The minimum Gasteiger partial charge on any atom is -0.353 e. The Morgan fingerprint density at radius 2 is 2.21 bits per heavy atom. The van der Waals surface area contributed by atoms with E-state index in [2.05, 4.69) is 32.4 Å². The van der Waals surface area contributed by atoms with Crippen LogP contribution in [0.3, 0.4) is 0 Å². The number of fused-ring (bicyclic) bond motifs is 1. The number of nitrogens with one attached hydrogen (secondary N) is 1. The standard InChI is InChI=1S/C13H20N6/c1-10-16-17-13-12(15-8-9-19(10)13)18(2)11-4-3-6-14-7-5-11/h8-9,11,14H,3-7H2,1-2H3. The molecular weight excluding hydrogens is 240 g/mol. The molecule has 0 bridgehead atoms. The Kier molecular flexibility index (Phi) is 3.33. The van der Waals surface area contributed by atoms with Crippen molar-refractivity contribution >= 4 is 11.5 Å². The molecule has 1 atom stereocenters. The molecule has 1 aliphatic rings. The zero-order chi connectivity index (χ0) is 13.2. The van der Waals surface area contributed by atoms with E-state index in [-0.39, 0.29) is 0 Å². The molecule has 2 aromatic rings. The molecule has 0 radical (unpaired) electrons. The maximum Gasteiger partial charge on any atom is 0.203 e. The molecule has 1 unspecified atom stereocenters. The van der Waals surface area contributed by atoms with Gasteiger partial charge in [0, 0.05) is 25.5 Å². The van der Waals surface area contributed by atoms with E-state index in [1.807, 2.05) is 23.7 Å². The molecule has 0 saturated carbocycles. The van der Waals surface area contributed by atoms with Crippen LogP contribution in [0.2, 0.25) is 0 Å². The lowest BCUT2D eigenvalue weighted by Crippen LogP contribution is -2.33. The quantitative estimate of drug-likeness (QED) is 0.873. The van der Waals surface area contributed by atoms with Crippen molar-refractivity contribution in [2.45, 2.75) is 32.2 Å². The van der Waals surface area contributed by atoms with Crippen LogP contribution in [0.1, 0.15) is 25.1 Å². The Balaban J connectivity index is 1.94. The maximum atomic E-state index is 4.51. The molecule has 6 heteroatoms. The number of anilines is 1. The fourth-order valence-electron chi connectivity index (χ4n) is 2.74. The summed E-state index contributed by atoms with van der Waals surface area (Å²) in [6.07, 6.45) is 7.29. The third-order valence-electron chi connectivity index (χ3n) is 3.91. The van der Waals surface area contributed by atoms with E-state index in [4.69, 9.17) is 0 Å². The lowest BCUT2D eigenvalue weighted by Gasteiger charge is -2.27. The molecule has 2 aromatic heterocycles. The summed E-state index contributed by atoms with van der Waals surface area (Å²) >= 11 is 0. The molecule has 0 aromatic carbocycles. The van der Waals surface area contributed by atoms with Crippen molar-refractivity contribution < 1.29 is 0 Å². The maximum absolute atomic E-state index is 4.51. The largest absolute Gasteiger partial charge is 0.353 e. The summed E-state index contributed by atoms with van der Waals surface area (Å²) in [6, 6.07) is 0.519. The molecule has 0 aliphatic carbocycles. The highest BCUT2D eigenvalue weighted by atomic mass is 15.3. The van der Waals surface area contributed by atoms with Crippen LogP contribution < -0.4 is 10.2 Å². The summed E-state index contributed by atoms with van der Waals surface area (Å²) < 4.78 is 1.99. The van der Waals surface area contributed by atoms with Crippen molar-refractivity contribution in [1.29, 1.82) is 0 Å². The van der Waals surface area contributed by atoms with Crippen LogP contribution in [-0.4, -0.2) is 45.8 Å². The Labute approximate surface area is 112 Å². The highest BCUT2D eigenvalue weighted by Gasteiger charge is 2.21. The normalized spacial score (nSPS) is 20.4. The lowest BCUT2D eigenvalue weighted by atomic mass is 10.1. The van der Waals surface area contributed by atoms with Gasteiger partial charge in [-0.15, -0.1) is 10.2 Å². The van der Waals surface area contributed by atoms with Gasteiger partial charge in [-0.05, 0) is 39.3 Å². The van der Waals surface area contributed by atoms with E-state index < -0.39 is 0 Å². The van der Waals surface area contributed by atoms with Gasteiger partial charge in [-0.25, -0.2) is 4.98 Å². The van der Waals surface area contributed by atoms with E-state index >= 15 is 0 Å². The van der Waals surface area contributed by atoms with E-state index in [0.717, 1.165) is 36.8 Å². The number of aromatic nitrogens is 4. The Morgan fingerprint density at radius 1 is 1.32 bits per heavy atom. The Morgan fingerprint density at radius 3 is 3.11 bits per heavy atom. The van der Waals surface area contributed by atoms with Gasteiger partial charge < -0.3 is 10.2 Å². The van der Waals surface area contributed by atoms with E-state index in [0.29, 0.717) is 6.04 Å². The van der Waals surface area contributed by atoms with Crippen molar-refractivity contribution in [3.63, 3.8) is 0 Å². The molecule has 1 aliphatic heterocycles. The first-order valence-corrected chi connectivity index (χ1v) is 6.87. The van der Waals surface area contributed by atoms with Gasteiger partial charge in [0.2, 0.25) is 5.65 Å². The lowest BCUT2D eigenvalue weighted by molar-refractivity contribution is 0.563. The van der Waals surface area contributed by atoms with Crippen molar-refractivity contribution in [2.75, 3.05) is 25.0 Å². The Hall–Kier alpha value is -1.69. The second-order valence-corrected chi connectivity index (χ2v) is 5.14. The van der Waals surface area contributed by atoms with Gasteiger partial charge in [-0.2, -0.15) is 0 Å². The predicted molar refractivity (Wildman–Crippen MR) is 74.4 cm³/mol. The summed E-state index contributed by atoms with van der Waals surface area (Å²) in [6.45, 7) is 4.15. The third-order valence-corrected chi connectivity index (χ3v) is 3.91. The zero-order valence-corrected chi connectivity index (χ0v) is 11.5. The minimum atomic E-state index is 0.519. The van der Waals surface area contributed by atoms with Gasteiger partial charge in [0.1, 0.15) is 5.82 Å². The smallest absolute Gasteiger partial charge is 0.203 e. The van der Waals surface area contributed by atoms with Gasteiger partial charge in [0.25, 0.3) is 0 Å². The summed E-state index contributed by atoms with van der Waals surface area (Å²) in [5.41, 5.74) is 0.847. The average Bonchev–Trinajstić information content (AvgIpc) is 2.68. The van der Waals surface area contributed by atoms with Gasteiger partial charge in [0.05, 0.1) is 0 Å². The molecule has 3 heterocycles. The van der Waals surface area contributed by atoms with Gasteiger partial charge in [-0.1, -0.05) is 0 Å². The molecule has 19 heavy (non-hydrogen) atoms. The van der Waals surface area contributed by atoms with Crippen LogP contribution in [0.25, 0.3) is 5.65 Å². The summed E-state index contributed by atoms with van der Waals surface area (Å²) in [4.78, 5) is 6.77. The number of aryl methyl sites for hydroxylation is 1. The molecule has 3 rings (SSSR count). The molecule has 0 spiro atoms. The van der Waals surface area contributed by atoms with Crippen LogP contribution in [0.5, 0.6) is 0 Å². The number of hydrogen-bond acceptors (Lipinski definition) is 5. The van der Waals surface area contributed by atoms with E-state index in [1.54, 1.807) is 0 Å². The summed E-state index contributed by atoms with van der Waals surface area (Å²) in [5.74, 6) is 1.82. The zero-order valence-electron chi connectivity index (χ0n) is 11.5. The monoisotopic (exact) mass is 260 g/mol. The number of nitrogens with zero attached hydrogens (tertiary/aromatic N) is 5. The van der Waals surface area contributed by atoms with Crippen LogP contribution >= 0.6 is 0 Å². The Bertz CT molecular complexity index is 555. The second-order valence-electron chi connectivity index (χ2n) is 5.14.